The van der Waals surface area contributed by atoms with Gasteiger partial charge in [-0.3, -0.25) is 4.79 Å². The van der Waals surface area contributed by atoms with Crippen LogP contribution in [0.5, 0.6) is 0 Å². The zero-order valence-electron chi connectivity index (χ0n) is 18.1. The van der Waals surface area contributed by atoms with Gasteiger partial charge in [0.25, 0.3) is 5.91 Å². The predicted molar refractivity (Wildman–Crippen MR) is 120 cm³/mol. The maximum Gasteiger partial charge on any atom is 0.266 e. The SMILES string of the molecule is Cc1cc2c(cc1/C=C(/C#N)C(=O)Nc1ccccc1C)C(C)CC(C)(C)N2C. The minimum absolute atomic E-state index is 0.0987. The van der Waals surface area contributed by atoms with Crippen molar-refractivity contribution in [3.8, 4) is 6.07 Å². The number of aryl methyl sites for hydroxylation is 2. The van der Waals surface area contributed by atoms with E-state index in [0.717, 1.165) is 28.8 Å². The molecule has 1 amide bonds. The topological polar surface area (TPSA) is 56.1 Å². The lowest BCUT2D eigenvalue weighted by atomic mass is 9.79. The second-order valence-electron chi connectivity index (χ2n) is 8.68. The van der Waals surface area contributed by atoms with Crippen molar-refractivity contribution in [3.63, 3.8) is 0 Å². The van der Waals surface area contributed by atoms with Crippen LogP contribution in [0.1, 0.15) is 55.4 Å². The summed E-state index contributed by atoms with van der Waals surface area (Å²) >= 11 is 0. The molecular weight excluding hydrogens is 358 g/mol. The fourth-order valence-electron chi connectivity index (χ4n) is 4.10. The van der Waals surface area contributed by atoms with Crippen LogP contribution in [0.25, 0.3) is 6.08 Å². The minimum atomic E-state index is -0.384. The van der Waals surface area contributed by atoms with Crippen molar-refractivity contribution in [2.45, 2.75) is 52.5 Å². The van der Waals surface area contributed by atoms with Crippen LogP contribution in [0.4, 0.5) is 11.4 Å². The monoisotopic (exact) mass is 387 g/mol. The quantitative estimate of drug-likeness (QED) is 0.553. The first kappa shape index (κ1) is 20.7. The summed E-state index contributed by atoms with van der Waals surface area (Å²) in [6.07, 6.45) is 2.76. The van der Waals surface area contributed by atoms with Crippen molar-refractivity contribution in [3.05, 3.63) is 64.2 Å². The highest BCUT2D eigenvalue weighted by Gasteiger charge is 2.34. The number of hydrogen-bond donors (Lipinski definition) is 1. The van der Waals surface area contributed by atoms with Crippen LogP contribution in [0.15, 0.2) is 42.0 Å². The lowest BCUT2D eigenvalue weighted by Gasteiger charge is -2.45. The number of hydrogen-bond acceptors (Lipinski definition) is 3. The number of para-hydroxylation sites is 1. The van der Waals surface area contributed by atoms with Gasteiger partial charge in [0.2, 0.25) is 0 Å². The second-order valence-corrected chi connectivity index (χ2v) is 8.68. The summed E-state index contributed by atoms with van der Waals surface area (Å²) in [5.74, 6) is 0.0282. The first-order valence-electron chi connectivity index (χ1n) is 10.0. The summed E-state index contributed by atoms with van der Waals surface area (Å²) in [6, 6.07) is 13.9. The van der Waals surface area contributed by atoms with Gasteiger partial charge in [0, 0.05) is 24.0 Å². The molecule has 2 aromatic carbocycles. The molecular formula is C25H29N3O. The number of nitrogens with zero attached hydrogens (tertiary/aromatic N) is 2. The van der Waals surface area contributed by atoms with E-state index in [9.17, 15) is 10.1 Å². The first-order valence-corrected chi connectivity index (χ1v) is 10.0. The third-order valence-electron chi connectivity index (χ3n) is 6.08. The minimum Gasteiger partial charge on any atom is -0.369 e. The van der Waals surface area contributed by atoms with Crippen molar-refractivity contribution in [2.75, 3.05) is 17.3 Å². The Labute approximate surface area is 173 Å². The van der Waals surface area contributed by atoms with Crippen molar-refractivity contribution in [1.29, 1.82) is 5.26 Å². The molecule has 0 aliphatic carbocycles. The molecule has 0 bridgehead atoms. The van der Waals surface area contributed by atoms with Gasteiger partial charge in [-0.15, -0.1) is 0 Å². The van der Waals surface area contributed by atoms with Crippen LogP contribution in [0.3, 0.4) is 0 Å². The second kappa shape index (κ2) is 7.75. The molecule has 150 valence electrons. The Balaban J connectivity index is 1.97. The summed E-state index contributed by atoms with van der Waals surface area (Å²) in [7, 11) is 2.13. The molecule has 0 radical (unpaired) electrons. The van der Waals surface area contributed by atoms with Gasteiger partial charge in [-0.2, -0.15) is 5.26 Å². The Morgan fingerprint density at radius 1 is 1.24 bits per heavy atom. The summed E-state index contributed by atoms with van der Waals surface area (Å²) < 4.78 is 0. The Morgan fingerprint density at radius 2 is 1.93 bits per heavy atom. The van der Waals surface area contributed by atoms with E-state index in [2.05, 4.69) is 56.2 Å². The summed E-state index contributed by atoms with van der Waals surface area (Å²) in [6.45, 7) is 10.7. The highest BCUT2D eigenvalue weighted by atomic mass is 16.1. The molecule has 4 nitrogen and oxygen atoms in total. The Bertz CT molecular complexity index is 1030. The molecule has 29 heavy (non-hydrogen) atoms. The normalized spacial score (nSPS) is 18.0. The third kappa shape index (κ3) is 4.05. The largest absolute Gasteiger partial charge is 0.369 e. The maximum atomic E-state index is 12.7. The molecule has 1 heterocycles. The lowest BCUT2D eigenvalue weighted by Crippen LogP contribution is -2.45. The predicted octanol–water partition coefficient (Wildman–Crippen LogP) is 5.57. The molecule has 1 aliphatic rings. The van der Waals surface area contributed by atoms with Crippen LogP contribution >= 0.6 is 0 Å². The van der Waals surface area contributed by atoms with Crippen LogP contribution in [0, 0.1) is 25.2 Å². The van der Waals surface area contributed by atoms with Gasteiger partial charge in [-0.25, -0.2) is 0 Å². The van der Waals surface area contributed by atoms with Gasteiger partial charge < -0.3 is 10.2 Å². The molecule has 3 rings (SSSR count). The van der Waals surface area contributed by atoms with Gasteiger partial charge in [-0.1, -0.05) is 25.1 Å². The van der Waals surface area contributed by atoms with Gasteiger partial charge in [0.15, 0.2) is 0 Å². The van der Waals surface area contributed by atoms with E-state index in [1.165, 1.54) is 11.3 Å². The molecule has 1 N–H and O–H groups in total. The highest BCUT2D eigenvalue weighted by Crippen LogP contribution is 2.43. The molecule has 0 spiro atoms. The Kier molecular flexibility index (Phi) is 5.53. The molecule has 0 aromatic heterocycles. The third-order valence-corrected chi connectivity index (χ3v) is 6.08. The van der Waals surface area contributed by atoms with Gasteiger partial charge >= 0.3 is 0 Å². The van der Waals surface area contributed by atoms with Crippen LogP contribution in [0.2, 0.25) is 0 Å². The van der Waals surface area contributed by atoms with E-state index in [1.807, 2.05) is 38.1 Å². The van der Waals surface area contributed by atoms with Crippen molar-refractivity contribution in [2.24, 2.45) is 0 Å². The van der Waals surface area contributed by atoms with Crippen LogP contribution in [-0.2, 0) is 4.79 Å². The number of carbonyl (C=O) groups excluding carboxylic acids is 1. The number of nitrogens with one attached hydrogen (secondary N) is 1. The summed E-state index contributed by atoms with van der Waals surface area (Å²) in [5.41, 5.74) is 6.35. The van der Waals surface area contributed by atoms with Crippen LogP contribution < -0.4 is 10.2 Å². The molecule has 4 heteroatoms. The van der Waals surface area contributed by atoms with Crippen molar-refractivity contribution in [1.82, 2.24) is 0 Å². The fraction of sp³-hybridized carbons (Fsp3) is 0.360. The first-order chi connectivity index (χ1) is 13.6. The molecule has 1 atom stereocenters. The number of fused-ring (bicyclic) bond motifs is 1. The average Bonchev–Trinajstić information content (AvgIpc) is 2.66. The van der Waals surface area contributed by atoms with E-state index in [0.29, 0.717) is 5.92 Å². The highest BCUT2D eigenvalue weighted by molar-refractivity contribution is 6.10. The molecule has 2 aromatic rings. The average molecular weight is 388 g/mol. The van der Waals surface area contributed by atoms with Crippen molar-refractivity contribution < 1.29 is 4.79 Å². The molecule has 0 saturated carbocycles. The smallest absolute Gasteiger partial charge is 0.266 e. The zero-order chi connectivity index (χ0) is 21.3. The van der Waals surface area contributed by atoms with E-state index < -0.39 is 0 Å². The summed E-state index contributed by atoms with van der Waals surface area (Å²) in [4.78, 5) is 15.0. The van der Waals surface area contributed by atoms with Crippen LogP contribution in [-0.4, -0.2) is 18.5 Å². The molecule has 1 aliphatic heterocycles. The number of amides is 1. The molecule has 0 fully saturated rings. The number of anilines is 2. The zero-order valence-corrected chi connectivity index (χ0v) is 18.1. The van der Waals surface area contributed by atoms with E-state index in [4.69, 9.17) is 0 Å². The Hall–Kier alpha value is -3.06. The van der Waals surface area contributed by atoms with Gasteiger partial charge in [0.05, 0.1) is 0 Å². The number of nitriles is 1. The summed E-state index contributed by atoms with van der Waals surface area (Å²) in [5, 5.41) is 12.5. The number of benzene rings is 2. The van der Waals surface area contributed by atoms with E-state index in [1.54, 1.807) is 6.08 Å². The standard InChI is InChI=1S/C25H29N3O/c1-16-9-7-8-10-22(16)27-24(29)20(15-26)12-19-13-21-18(3)14-25(4,5)28(6)23(21)11-17(19)2/h7-13,18H,14H2,1-6H3,(H,27,29)/b20-12-. The van der Waals surface area contributed by atoms with Gasteiger partial charge in [0.1, 0.15) is 11.6 Å². The Morgan fingerprint density at radius 3 is 2.59 bits per heavy atom. The number of rotatable bonds is 3. The molecule has 0 saturated heterocycles. The fourth-order valence-corrected chi connectivity index (χ4v) is 4.10. The lowest BCUT2D eigenvalue weighted by molar-refractivity contribution is -0.112. The van der Waals surface area contributed by atoms with Crippen molar-refractivity contribution >= 4 is 23.4 Å². The maximum absolute atomic E-state index is 12.7. The molecule has 1 unspecified atom stereocenters. The number of carbonyl (C=O) groups is 1. The van der Waals surface area contributed by atoms with E-state index in [-0.39, 0.29) is 17.0 Å². The van der Waals surface area contributed by atoms with Gasteiger partial charge in [-0.05, 0) is 86.6 Å². The van der Waals surface area contributed by atoms with E-state index >= 15 is 0 Å².